The van der Waals surface area contributed by atoms with Crippen LogP contribution in [0.25, 0.3) is 17.1 Å². The van der Waals surface area contributed by atoms with Crippen LogP contribution in [0.4, 0.5) is 11.4 Å². The van der Waals surface area contributed by atoms with E-state index in [1.807, 2.05) is 26.0 Å². The Morgan fingerprint density at radius 1 is 0.556 bits per heavy atom. The molecular formula is C26H19N5O5. The Morgan fingerprint density at radius 2 is 0.861 bits per heavy atom. The van der Waals surface area contributed by atoms with Crippen molar-refractivity contribution in [3.63, 3.8) is 0 Å². The van der Waals surface area contributed by atoms with E-state index in [-0.39, 0.29) is 34.4 Å². The van der Waals surface area contributed by atoms with Crippen molar-refractivity contribution in [1.29, 1.82) is 0 Å². The summed E-state index contributed by atoms with van der Waals surface area (Å²) in [5.74, 6) is 0.237. The van der Waals surface area contributed by atoms with Crippen molar-refractivity contribution in [2.75, 3.05) is 0 Å². The minimum absolute atomic E-state index is 0.165. The van der Waals surface area contributed by atoms with E-state index in [0.717, 1.165) is 19.3 Å². The van der Waals surface area contributed by atoms with Crippen molar-refractivity contribution in [2.24, 2.45) is 9.98 Å². The van der Waals surface area contributed by atoms with Gasteiger partial charge in [-0.1, -0.05) is 26.0 Å². The number of rotatable bonds is 6. The molecule has 4 aromatic rings. The quantitative estimate of drug-likeness (QED) is 0.309. The first-order valence-corrected chi connectivity index (χ1v) is 10.8. The highest BCUT2D eigenvalue weighted by molar-refractivity contribution is 5.53. The fourth-order valence-electron chi connectivity index (χ4n) is 3.67. The van der Waals surface area contributed by atoms with Gasteiger partial charge in [0.25, 0.3) is 0 Å². The molecule has 1 heterocycles. The lowest BCUT2D eigenvalue weighted by Gasteiger charge is -2.15. The molecule has 0 radical (unpaired) electrons. The van der Waals surface area contributed by atoms with E-state index in [1.165, 1.54) is 60.7 Å². The highest BCUT2D eigenvalue weighted by atomic mass is 16.2. The molecule has 3 aromatic carbocycles. The molecule has 0 aliphatic carbocycles. The van der Waals surface area contributed by atoms with E-state index in [4.69, 9.17) is 0 Å². The summed E-state index contributed by atoms with van der Waals surface area (Å²) in [4.78, 5) is 68.7. The summed E-state index contributed by atoms with van der Waals surface area (Å²) in [6.45, 7) is 4.04. The monoisotopic (exact) mass is 481 g/mol. The first-order valence-electron chi connectivity index (χ1n) is 10.8. The summed E-state index contributed by atoms with van der Waals surface area (Å²) >= 11 is 0. The molecule has 0 N–H and O–H groups in total. The summed E-state index contributed by atoms with van der Waals surface area (Å²) in [6.07, 6.45) is 2.85. The highest BCUT2D eigenvalue weighted by Gasteiger charge is 2.19. The summed E-state index contributed by atoms with van der Waals surface area (Å²) in [5.41, 5.74) is -0.453. The van der Waals surface area contributed by atoms with E-state index in [0.29, 0.717) is 0 Å². The normalized spacial score (nSPS) is 10.5. The van der Waals surface area contributed by atoms with Gasteiger partial charge in [0.2, 0.25) is 12.2 Å². The van der Waals surface area contributed by atoms with Crippen LogP contribution >= 0.6 is 0 Å². The maximum atomic E-state index is 13.5. The number of aromatic nitrogens is 3. The molecule has 0 aliphatic heterocycles. The van der Waals surface area contributed by atoms with E-state index in [1.54, 1.807) is 12.1 Å². The zero-order chi connectivity index (χ0) is 25.8. The van der Waals surface area contributed by atoms with Crippen molar-refractivity contribution in [1.82, 2.24) is 13.7 Å². The van der Waals surface area contributed by atoms with E-state index >= 15 is 0 Å². The van der Waals surface area contributed by atoms with Crippen LogP contribution < -0.4 is 17.1 Å². The fraction of sp³-hybridized carbons (Fsp3) is 0.115. The zero-order valence-electron chi connectivity index (χ0n) is 19.3. The van der Waals surface area contributed by atoms with Gasteiger partial charge in [-0.2, -0.15) is 9.98 Å². The van der Waals surface area contributed by atoms with Crippen molar-refractivity contribution < 1.29 is 9.59 Å². The van der Waals surface area contributed by atoms with Crippen molar-refractivity contribution in [2.45, 2.75) is 19.8 Å². The first kappa shape index (κ1) is 24.0. The Morgan fingerprint density at radius 3 is 1.14 bits per heavy atom. The molecule has 0 unspecified atom stereocenters. The van der Waals surface area contributed by atoms with Gasteiger partial charge in [-0.3, -0.25) is 0 Å². The SMILES string of the molecule is CC(C)c1ccc(-n2c(=O)n(-c3ccc(N=C=O)cc3)c(=O)n(-c3ccc(N=C=O)cc3)c2=O)cc1. The van der Waals surface area contributed by atoms with Crippen LogP contribution in [0.5, 0.6) is 0 Å². The maximum absolute atomic E-state index is 13.5. The lowest BCUT2D eigenvalue weighted by atomic mass is 10.0. The Balaban J connectivity index is 2.04. The third-order valence-electron chi connectivity index (χ3n) is 5.53. The number of benzene rings is 3. The van der Waals surface area contributed by atoms with Gasteiger partial charge in [-0.25, -0.2) is 37.7 Å². The smallest absolute Gasteiger partial charge is 0.246 e. The van der Waals surface area contributed by atoms with Crippen molar-refractivity contribution in [3.8, 4) is 17.1 Å². The van der Waals surface area contributed by atoms with Crippen LogP contribution in [0.2, 0.25) is 0 Å². The van der Waals surface area contributed by atoms with E-state index < -0.39 is 17.1 Å². The van der Waals surface area contributed by atoms with Gasteiger partial charge in [0.15, 0.2) is 0 Å². The van der Waals surface area contributed by atoms with E-state index in [2.05, 4.69) is 9.98 Å². The Hall–Kier alpha value is -5.17. The maximum Gasteiger partial charge on any atom is 0.345 e. The molecule has 0 spiro atoms. The number of carbonyl (C=O) groups excluding carboxylic acids is 2. The molecule has 0 saturated carbocycles. The molecule has 10 heteroatoms. The number of isocyanates is 2. The molecular weight excluding hydrogens is 462 g/mol. The van der Waals surface area contributed by atoms with Crippen LogP contribution in [-0.4, -0.2) is 25.9 Å². The minimum atomic E-state index is -0.904. The van der Waals surface area contributed by atoms with Crippen molar-refractivity contribution >= 4 is 23.5 Å². The van der Waals surface area contributed by atoms with Crippen LogP contribution in [0.3, 0.4) is 0 Å². The number of aliphatic imine (C=N–C) groups is 2. The second-order valence-electron chi connectivity index (χ2n) is 8.04. The fourth-order valence-corrected chi connectivity index (χ4v) is 3.67. The molecule has 10 nitrogen and oxygen atoms in total. The molecule has 1 aromatic heterocycles. The zero-order valence-corrected chi connectivity index (χ0v) is 19.3. The van der Waals surface area contributed by atoms with Crippen molar-refractivity contribution in [3.05, 3.63) is 110 Å². The summed E-state index contributed by atoms with van der Waals surface area (Å²) < 4.78 is 2.60. The Kier molecular flexibility index (Phi) is 6.65. The van der Waals surface area contributed by atoms with Gasteiger partial charge in [-0.15, -0.1) is 0 Å². The second kappa shape index (κ2) is 9.99. The molecule has 0 saturated heterocycles. The Bertz CT molecular complexity index is 1600. The van der Waals surface area contributed by atoms with Gasteiger partial charge in [-0.05, 0) is 72.1 Å². The number of hydrogen-bond donors (Lipinski definition) is 0. The van der Waals surface area contributed by atoms with Gasteiger partial charge in [0.05, 0.1) is 28.4 Å². The highest BCUT2D eigenvalue weighted by Crippen LogP contribution is 2.17. The predicted molar refractivity (Wildman–Crippen MR) is 133 cm³/mol. The van der Waals surface area contributed by atoms with Gasteiger partial charge < -0.3 is 0 Å². The van der Waals surface area contributed by atoms with Gasteiger partial charge in [0.1, 0.15) is 0 Å². The molecule has 0 aliphatic rings. The third-order valence-corrected chi connectivity index (χ3v) is 5.53. The summed E-state index contributed by atoms with van der Waals surface area (Å²) in [5, 5.41) is 0. The number of nitrogens with zero attached hydrogens (tertiary/aromatic N) is 5. The molecule has 0 amide bonds. The molecule has 178 valence electrons. The van der Waals surface area contributed by atoms with Crippen LogP contribution in [0.15, 0.2) is 97.2 Å². The summed E-state index contributed by atoms with van der Waals surface area (Å²) in [7, 11) is 0. The number of hydrogen-bond acceptors (Lipinski definition) is 7. The summed E-state index contributed by atoms with van der Waals surface area (Å²) in [6, 6.07) is 18.4. The second-order valence-corrected chi connectivity index (χ2v) is 8.04. The average Bonchev–Trinajstić information content (AvgIpc) is 2.87. The average molecular weight is 481 g/mol. The third kappa shape index (κ3) is 4.45. The molecule has 36 heavy (non-hydrogen) atoms. The van der Waals surface area contributed by atoms with Crippen LogP contribution in [0, 0.1) is 0 Å². The Labute approximate surface area is 203 Å². The van der Waals surface area contributed by atoms with Gasteiger partial charge >= 0.3 is 17.1 Å². The topological polar surface area (TPSA) is 125 Å². The molecule has 0 fully saturated rings. The van der Waals surface area contributed by atoms with Crippen LogP contribution in [0.1, 0.15) is 25.3 Å². The molecule has 0 bridgehead atoms. The minimum Gasteiger partial charge on any atom is -0.246 e. The van der Waals surface area contributed by atoms with Gasteiger partial charge in [0, 0.05) is 0 Å². The predicted octanol–water partition coefficient (Wildman–Crippen LogP) is 3.20. The lowest BCUT2D eigenvalue weighted by molar-refractivity contribution is 0.564. The molecule has 0 atom stereocenters. The van der Waals surface area contributed by atoms with E-state index in [9.17, 15) is 24.0 Å². The first-order chi connectivity index (χ1) is 17.3. The lowest BCUT2D eigenvalue weighted by Crippen LogP contribution is -2.52. The standard InChI is InChI=1S/C26H19N5O5/c1-17(2)18-3-9-21(10-4-18)29-24(34)30(22-11-5-19(6-12-22)27-15-32)26(36)31(25(29)35)23-13-7-20(8-14-23)28-16-33/h3-14,17H,1-2H3. The van der Waals surface area contributed by atoms with Crippen LogP contribution in [-0.2, 0) is 9.59 Å². The molecule has 4 rings (SSSR count). The largest absolute Gasteiger partial charge is 0.345 e.